The van der Waals surface area contributed by atoms with Gasteiger partial charge >= 0.3 is 6.61 Å². The molecule has 0 aromatic heterocycles. The monoisotopic (exact) mass is 461 g/mol. The molecule has 2 unspecified atom stereocenters. The van der Waals surface area contributed by atoms with E-state index in [4.69, 9.17) is 15.2 Å². The van der Waals surface area contributed by atoms with Crippen LogP contribution < -0.4 is 5.73 Å². The molecule has 3 atom stereocenters. The topological polar surface area (TPSA) is 77.2 Å². The molecule has 0 aromatic rings. The molecule has 3 aliphatic carbocycles. The van der Waals surface area contributed by atoms with Gasteiger partial charge in [0.2, 0.25) is 0 Å². The summed E-state index contributed by atoms with van der Waals surface area (Å²) in [6.45, 7) is -2.84. The Morgan fingerprint density at radius 3 is 2.73 bits per heavy atom. The Morgan fingerprint density at radius 2 is 2.12 bits per heavy atom. The number of allylic oxidation sites excluding steroid dienone is 5. The van der Waals surface area contributed by atoms with Crippen LogP contribution in [-0.2, 0) is 14.3 Å². The van der Waals surface area contributed by atoms with Gasteiger partial charge in [0.05, 0.1) is 0 Å². The number of likely N-dealkylation sites (N-methyl/N-ethyl adjacent to an activating group) is 1. The molecule has 9 heteroatoms. The number of methoxy groups -OCH3 is 1. The van der Waals surface area contributed by atoms with E-state index in [0.717, 1.165) is 12.8 Å². The Hall–Kier alpha value is -2.99. The number of amides is 1. The molecule has 6 nitrogen and oxygen atoms in total. The Morgan fingerprint density at radius 1 is 1.36 bits per heavy atom. The van der Waals surface area contributed by atoms with E-state index < -0.39 is 29.8 Å². The summed E-state index contributed by atoms with van der Waals surface area (Å²) in [6.07, 6.45) is 8.61. The Bertz CT molecular complexity index is 1050. The average Bonchev–Trinajstić information content (AvgIpc) is 3.59. The van der Waals surface area contributed by atoms with Gasteiger partial charge in [0, 0.05) is 31.6 Å². The number of hydrogen-bond donors (Lipinski definition) is 1. The third-order valence-electron chi connectivity index (χ3n) is 6.52. The van der Waals surface area contributed by atoms with Crippen molar-refractivity contribution in [2.24, 2.45) is 28.5 Å². The van der Waals surface area contributed by atoms with E-state index in [0.29, 0.717) is 12.0 Å². The van der Waals surface area contributed by atoms with Crippen molar-refractivity contribution < 1.29 is 27.4 Å². The SMILES string of the molecule is COCC#CC1=C(F)C=CCC1[C@@]1(C2C=C(C3CC3)C(OC(F)F)=CC2)N=C(N)N(C)C1=O. The lowest BCUT2D eigenvalue weighted by Crippen LogP contribution is -2.52. The van der Waals surface area contributed by atoms with Crippen LogP contribution in [0.15, 0.2) is 52.0 Å². The second-order valence-corrected chi connectivity index (χ2v) is 8.53. The molecule has 1 heterocycles. The molecule has 0 aromatic carbocycles. The maximum Gasteiger partial charge on any atom is 0.387 e. The van der Waals surface area contributed by atoms with Gasteiger partial charge in [-0.25, -0.2) is 9.38 Å². The van der Waals surface area contributed by atoms with E-state index in [9.17, 15) is 18.0 Å². The number of hydrogen-bond acceptors (Lipinski definition) is 5. The van der Waals surface area contributed by atoms with Crippen molar-refractivity contribution in [3.05, 3.63) is 47.0 Å². The molecule has 1 amide bonds. The first kappa shape index (κ1) is 23.2. The van der Waals surface area contributed by atoms with Gasteiger partial charge in [0.25, 0.3) is 5.91 Å². The van der Waals surface area contributed by atoms with E-state index in [-0.39, 0.29) is 42.1 Å². The lowest BCUT2D eigenvalue weighted by atomic mass is 9.65. The van der Waals surface area contributed by atoms with Crippen LogP contribution in [0.4, 0.5) is 13.2 Å². The van der Waals surface area contributed by atoms with Crippen molar-refractivity contribution in [2.45, 2.75) is 37.8 Å². The standard InChI is InChI=1S/C24H26F3N3O3/c1-30-21(31)24(29-23(30)28,18-6-3-7-19(25)16(18)5-4-12-32-2)15-10-11-20(33-22(26)27)17(13-15)14-8-9-14/h3,7,11,13-15,18,22H,6,8-10,12H2,1-2H3,(H2,28,29)/t15?,18?,24-/m1/s1. The number of aliphatic imine (C=N–C) groups is 1. The smallest absolute Gasteiger partial charge is 0.387 e. The fourth-order valence-corrected chi connectivity index (χ4v) is 4.81. The highest BCUT2D eigenvalue weighted by atomic mass is 19.3. The number of alkyl halides is 2. The Kier molecular flexibility index (Phi) is 6.39. The van der Waals surface area contributed by atoms with Gasteiger partial charge in [-0.1, -0.05) is 24.0 Å². The summed E-state index contributed by atoms with van der Waals surface area (Å²) in [7, 11) is 3.00. The van der Waals surface area contributed by atoms with Gasteiger partial charge in [-0.3, -0.25) is 9.69 Å². The summed E-state index contributed by atoms with van der Waals surface area (Å²) in [6, 6.07) is 0. The molecule has 0 bridgehead atoms. The summed E-state index contributed by atoms with van der Waals surface area (Å²) in [5, 5.41) is 0. The first-order valence-corrected chi connectivity index (χ1v) is 10.8. The number of nitrogens with two attached hydrogens (primary N) is 1. The van der Waals surface area contributed by atoms with Crippen molar-refractivity contribution in [3.63, 3.8) is 0 Å². The van der Waals surface area contributed by atoms with Crippen LogP contribution in [0.5, 0.6) is 0 Å². The number of carbonyl (C=O) groups is 1. The highest BCUT2D eigenvalue weighted by Gasteiger charge is 2.58. The number of ether oxygens (including phenoxy) is 2. The molecule has 176 valence electrons. The van der Waals surface area contributed by atoms with Gasteiger partial charge in [0.1, 0.15) is 18.2 Å². The first-order valence-electron chi connectivity index (χ1n) is 10.8. The predicted octanol–water partition coefficient (Wildman–Crippen LogP) is 3.44. The fourth-order valence-electron chi connectivity index (χ4n) is 4.81. The molecule has 0 radical (unpaired) electrons. The predicted molar refractivity (Wildman–Crippen MR) is 116 cm³/mol. The van der Waals surface area contributed by atoms with Crippen LogP contribution in [0.3, 0.4) is 0 Å². The summed E-state index contributed by atoms with van der Waals surface area (Å²) >= 11 is 0. The minimum Gasteiger partial charge on any atom is -0.435 e. The number of nitrogens with zero attached hydrogens (tertiary/aromatic N) is 2. The molecule has 0 saturated heterocycles. The highest BCUT2D eigenvalue weighted by Crippen LogP contribution is 2.51. The minimum absolute atomic E-state index is 0.0270. The zero-order valence-corrected chi connectivity index (χ0v) is 18.5. The summed E-state index contributed by atoms with van der Waals surface area (Å²) < 4.78 is 50.6. The van der Waals surface area contributed by atoms with E-state index in [1.807, 2.05) is 0 Å². The molecule has 4 aliphatic rings. The van der Waals surface area contributed by atoms with Gasteiger partial charge in [-0.05, 0) is 49.3 Å². The Labute approximate surface area is 190 Å². The van der Waals surface area contributed by atoms with Gasteiger partial charge in [-0.2, -0.15) is 8.78 Å². The number of rotatable bonds is 6. The van der Waals surface area contributed by atoms with Crippen LogP contribution in [0.2, 0.25) is 0 Å². The van der Waals surface area contributed by atoms with E-state index in [1.165, 1.54) is 25.1 Å². The van der Waals surface area contributed by atoms with Crippen LogP contribution in [-0.4, -0.2) is 49.7 Å². The zero-order valence-electron chi connectivity index (χ0n) is 18.5. The molecule has 1 fully saturated rings. The Balaban J connectivity index is 1.81. The molecular formula is C24H26F3N3O3. The lowest BCUT2D eigenvalue weighted by molar-refractivity contribution is -0.133. The summed E-state index contributed by atoms with van der Waals surface area (Å²) in [5.74, 6) is 3.71. The van der Waals surface area contributed by atoms with Crippen LogP contribution in [0.25, 0.3) is 0 Å². The minimum atomic E-state index is -2.94. The van der Waals surface area contributed by atoms with Crippen molar-refractivity contribution in [1.29, 1.82) is 0 Å². The summed E-state index contributed by atoms with van der Waals surface area (Å²) in [5.41, 5.74) is 5.42. The quantitative estimate of drug-likeness (QED) is 0.615. The number of guanidine groups is 1. The van der Waals surface area contributed by atoms with E-state index >= 15 is 0 Å². The molecule has 33 heavy (non-hydrogen) atoms. The largest absolute Gasteiger partial charge is 0.435 e. The van der Waals surface area contributed by atoms with Crippen molar-refractivity contribution in [1.82, 2.24) is 4.90 Å². The zero-order chi connectivity index (χ0) is 23.8. The van der Waals surface area contributed by atoms with Crippen LogP contribution >= 0.6 is 0 Å². The molecular weight excluding hydrogens is 435 g/mol. The molecule has 2 N–H and O–H groups in total. The highest BCUT2D eigenvalue weighted by molar-refractivity contribution is 6.07. The van der Waals surface area contributed by atoms with Crippen molar-refractivity contribution in [3.8, 4) is 11.8 Å². The van der Waals surface area contributed by atoms with Crippen LogP contribution in [0.1, 0.15) is 25.7 Å². The molecule has 1 aliphatic heterocycles. The van der Waals surface area contributed by atoms with Gasteiger partial charge in [0.15, 0.2) is 11.5 Å². The molecule has 4 rings (SSSR count). The van der Waals surface area contributed by atoms with Crippen LogP contribution in [0, 0.1) is 29.6 Å². The molecule has 0 spiro atoms. The second-order valence-electron chi connectivity index (χ2n) is 8.53. The third kappa shape index (κ3) is 4.20. The van der Waals surface area contributed by atoms with Crippen molar-refractivity contribution >= 4 is 11.9 Å². The molecule has 1 saturated carbocycles. The maximum absolute atomic E-state index is 15.0. The van der Waals surface area contributed by atoms with Gasteiger partial charge in [-0.15, -0.1) is 0 Å². The van der Waals surface area contributed by atoms with E-state index in [1.54, 1.807) is 18.2 Å². The fraction of sp³-hybridized carbons (Fsp3) is 0.500. The first-order chi connectivity index (χ1) is 15.8. The van der Waals surface area contributed by atoms with Gasteiger partial charge < -0.3 is 15.2 Å². The van der Waals surface area contributed by atoms with E-state index in [2.05, 4.69) is 16.8 Å². The van der Waals surface area contributed by atoms with Crippen molar-refractivity contribution in [2.75, 3.05) is 20.8 Å². The second kappa shape index (κ2) is 9.10. The maximum atomic E-state index is 15.0. The third-order valence-corrected chi connectivity index (χ3v) is 6.52. The normalized spacial score (nSPS) is 29.6. The average molecular weight is 461 g/mol. The number of halogens is 3. The number of carbonyl (C=O) groups excluding carboxylic acids is 1. The summed E-state index contributed by atoms with van der Waals surface area (Å²) in [4.78, 5) is 19.5. The lowest BCUT2D eigenvalue weighted by Gasteiger charge is -2.40.